The predicted octanol–water partition coefficient (Wildman–Crippen LogP) is 2.26. The van der Waals surface area contributed by atoms with Crippen molar-refractivity contribution in [2.75, 3.05) is 13.2 Å². The number of aromatic hydroxyl groups is 1. The SMILES string of the molecule is CCO[C@H]1C=C[C@H](C)N2C[C@H]1n1cc(C(=O)NCc3c(F)cc(F)cc3F)c(=O)c(O)c1C2=O. The fraction of sp³-hybridized carbons (Fsp3) is 0.348. The zero-order valence-electron chi connectivity index (χ0n) is 18.3. The van der Waals surface area contributed by atoms with Crippen LogP contribution in [0.15, 0.2) is 35.3 Å². The van der Waals surface area contributed by atoms with Gasteiger partial charge in [-0.1, -0.05) is 12.2 Å². The Hall–Kier alpha value is -3.60. The molecule has 0 saturated heterocycles. The van der Waals surface area contributed by atoms with Gasteiger partial charge in [0.2, 0.25) is 5.43 Å². The summed E-state index contributed by atoms with van der Waals surface area (Å²) in [6, 6.07) is 0.0810. The molecule has 3 heterocycles. The van der Waals surface area contributed by atoms with Gasteiger partial charge < -0.3 is 24.6 Å². The molecule has 2 N–H and O–H groups in total. The van der Waals surface area contributed by atoms with E-state index < -0.39 is 70.3 Å². The lowest BCUT2D eigenvalue weighted by Gasteiger charge is -2.38. The lowest BCUT2D eigenvalue weighted by Crippen LogP contribution is -2.49. The number of hydrogen-bond acceptors (Lipinski definition) is 5. The van der Waals surface area contributed by atoms with Crippen LogP contribution in [0.25, 0.3) is 0 Å². The van der Waals surface area contributed by atoms with E-state index in [0.717, 1.165) is 6.20 Å². The summed E-state index contributed by atoms with van der Waals surface area (Å²) < 4.78 is 48.0. The fourth-order valence-electron chi connectivity index (χ4n) is 4.24. The number of aromatic nitrogens is 1. The molecule has 4 rings (SSSR count). The second kappa shape index (κ2) is 8.98. The molecular weight excluding hydrogens is 455 g/mol. The van der Waals surface area contributed by atoms with Crippen LogP contribution >= 0.6 is 0 Å². The Balaban J connectivity index is 1.72. The van der Waals surface area contributed by atoms with Gasteiger partial charge in [0.05, 0.1) is 12.1 Å². The average Bonchev–Trinajstić information content (AvgIpc) is 2.91. The third-order valence-electron chi connectivity index (χ3n) is 6.00. The van der Waals surface area contributed by atoms with Crippen molar-refractivity contribution in [1.82, 2.24) is 14.8 Å². The largest absolute Gasteiger partial charge is 0.503 e. The van der Waals surface area contributed by atoms with Crippen LogP contribution in [0.1, 0.15) is 46.3 Å². The van der Waals surface area contributed by atoms with Crippen molar-refractivity contribution < 1.29 is 32.6 Å². The van der Waals surface area contributed by atoms with E-state index in [-0.39, 0.29) is 18.3 Å². The van der Waals surface area contributed by atoms with E-state index in [1.807, 2.05) is 0 Å². The maximum absolute atomic E-state index is 13.9. The van der Waals surface area contributed by atoms with Crippen LogP contribution in [0.5, 0.6) is 5.75 Å². The lowest BCUT2D eigenvalue weighted by atomic mass is 10.0. The number of ether oxygens (including phenoxy) is 1. The van der Waals surface area contributed by atoms with E-state index in [0.29, 0.717) is 18.7 Å². The fourth-order valence-corrected chi connectivity index (χ4v) is 4.24. The van der Waals surface area contributed by atoms with E-state index in [1.165, 1.54) is 9.47 Å². The van der Waals surface area contributed by atoms with Crippen molar-refractivity contribution in [3.05, 3.63) is 75.0 Å². The number of nitrogens with zero attached hydrogens (tertiary/aromatic N) is 2. The van der Waals surface area contributed by atoms with Crippen LogP contribution in [0.3, 0.4) is 0 Å². The van der Waals surface area contributed by atoms with Crippen LogP contribution in [-0.4, -0.2) is 51.7 Å². The van der Waals surface area contributed by atoms with Gasteiger partial charge in [0, 0.05) is 49.6 Å². The van der Waals surface area contributed by atoms with Gasteiger partial charge in [-0.25, -0.2) is 13.2 Å². The van der Waals surface area contributed by atoms with Gasteiger partial charge in [-0.3, -0.25) is 14.4 Å². The standard InChI is InChI=1S/C23H22F3N3O5/c1-3-34-18-5-4-11(2)28-10-17(18)29-9-14(20(30)21(31)19(29)23(28)33)22(32)27-8-13-15(25)6-12(24)7-16(13)26/h4-7,9,11,17-18,31H,3,8,10H2,1-2H3,(H,27,32)/t11-,17+,18-/m0/s1. The summed E-state index contributed by atoms with van der Waals surface area (Å²) in [5.74, 6) is -6.03. The molecule has 0 aliphatic carbocycles. The maximum atomic E-state index is 13.9. The van der Waals surface area contributed by atoms with Gasteiger partial charge in [-0.15, -0.1) is 0 Å². The number of nitrogens with one attached hydrogen (secondary N) is 1. The molecule has 1 aromatic carbocycles. The molecule has 1 aromatic heterocycles. The first kappa shape index (κ1) is 23.6. The quantitative estimate of drug-likeness (QED) is 0.644. The molecule has 0 fully saturated rings. The summed E-state index contributed by atoms with van der Waals surface area (Å²) in [5, 5.41) is 12.8. The number of fused-ring (bicyclic) bond motifs is 4. The highest BCUT2D eigenvalue weighted by atomic mass is 19.1. The van der Waals surface area contributed by atoms with E-state index in [9.17, 15) is 32.7 Å². The molecular formula is C23H22F3N3O5. The van der Waals surface area contributed by atoms with E-state index >= 15 is 0 Å². The molecule has 0 radical (unpaired) electrons. The first-order chi connectivity index (χ1) is 16.1. The van der Waals surface area contributed by atoms with Gasteiger partial charge in [0.1, 0.15) is 23.0 Å². The predicted molar refractivity (Wildman–Crippen MR) is 114 cm³/mol. The van der Waals surface area contributed by atoms with Crippen molar-refractivity contribution >= 4 is 11.8 Å². The number of carbonyl (C=O) groups is 2. The highest BCUT2D eigenvalue weighted by Gasteiger charge is 2.41. The summed E-state index contributed by atoms with van der Waals surface area (Å²) in [6.07, 6.45) is 4.21. The van der Waals surface area contributed by atoms with Crippen molar-refractivity contribution in [3.8, 4) is 5.75 Å². The number of pyridine rings is 1. The number of rotatable bonds is 5. The van der Waals surface area contributed by atoms with Crippen LogP contribution in [-0.2, 0) is 11.3 Å². The Morgan fingerprint density at radius 3 is 2.53 bits per heavy atom. The van der Waals surface area contributed by atoms with E-state index in [1.54, 1.807) is 26.0 Å². The third-order valence-corrected chi connectivity index (χ3v) is 6.00. The monoisotopic (exact) mass is 477 g/mol. The number of amides is 2. The molecule has 0 spiro atoms. The molecule has 2 amide bonds. The zero-order valence-corrected chi connectivity index (χ0v) is 18.3. The molecule has 2 aliphatic rings. The Labute approximate surface area is 192 Å². The number of benzene rings is 1. The highest BCUT2D eigenvalue weighted by molar-refractivity contribution is 5.99. The van der Waals surface area contributed by atoms with Crippen molar-refractivity contribution in [1.29, 1.82) is 0 Å². The molecule has 2 bridgehead atoms. The minimum absolute atomic E-state index is 0.208. The van der Waals surface area contributed by atoms with E-state index in [2.05, 4.69) is 5.32 Å². The minimum Gasteiger partial charge on any atom is -0.503 e. The Morgan fingerprint density at radius 1 is 1.21 bits per heavy atom. The molecule has 2 aromatic rings. The number of halogens is 3. The first-order valence-electron chi connectivity index (χ1n) is 10.6. The molecule has 34 heavy (non-hydrogen) atoms. The Morgan fingerprint density at radius 2 is 1.88 bits per heavy atom. The maximum Gasteiger partial charge on any atom is 0.275 e. The topological polar surface area (TPSA) is 101 Å². The number of hydrogen-bond donors (Lipinski definition) is 2. The highest BCUT2D eigenvalue weighted by Crippen LogP contribution is 2.33. The van der Waals surface area contributed by atoms with E-state index in [4.69, 9.17) is 4.74 Å². The Bertz CT molecular complexity index is 1240. The summed E-state index contributed by atoms with van der Waals surface area (Å²) in [7, 11) is 0. The minimum atomic E-state index is -1.20. The summed E-state index contributed by atoms with van der Waals surface area (Å²) in [6.45, 7) is 3.48. The van der Waals surface area contributed by atoms with Gasteiger partial charge in [0.25, 0.3) is 11.8 Å². The summed E-state index contributed by atoms with van der Waals surface area (Å²) in [4.78, 5) is 40.1. The van der Waals surface area contributed by atoms with Crippen LogP contribution in [0.4, 0.5) is 13.2 Å². The molecule has 8 nitrogen and oxygen atoms in total. The van der Waals surface area contributed by atoms with Crippen molar-refractivity contribution in [3.63, 3.8) is 0 Å². The van der Waals surface area contributed by atoms with Gasteiger partial charge in [-0.2, -0.15) is 0 Å². The zero-order chi connectivity index (χ0) is 24.7. The number of carbonyl (C=O) groups excluding carboxylic acids is 2. The molecule has 3 atom stereocenters. The van der Waals surface area contributed by atoms with Crippen LogP contribution < -0.4 is 10.7 Å². The summed E-state index contributed by atoms with van der Waals surface area (Å²) >= 11 is 0. The van der Waals surface area contributed by atoms with Crippen LogP contribution in [0.2, 0.25) is 0 Å². The lowest BCUT2D eigenvalue weighted by molar-refractivity contribution is 0.0295. The second-order valence-electron chi connectivity index (χ2n) is 8.08. The van der Waals surface area contributed by atoms with Crippen molar-refractivity contribution in [2.45, 2.75) is 38.6 Å². The smallest absolute Gasteiger partial charge is 0.275 e. The molecule has 0 unspecified atom stereocenters. The normalized spacial score (nSPS) is 21.3. The molecule has 11 heteroatoms. The first-order valence-corrected chi connectivity index (χ1v) is 10.6. The molecule has 0 saturated carbocycles. The molecule has 2 aliphatic heterocycles. The van der Waals surface area contributed by atoms with Gasteiger partial charge in [0.15, 0.2) is 11.4 Å². The van der Waals surface area contributed by atoms with Crippen LogP contribution in [0, 0.1) is 17.5 Å². The van der Waals surface area contributed by atoms with Crippen molar-refractivity contribution in [2.24, 2.45) is 0 Å². The molecule has 180 valence electrons. The second-order valence-corrected chi connectivity index (χ2v) is 8.08. The van der Waals surface area contributed by atoms with Gasteiger partial charge in [-0.05, 0) is 13.8 Å². The third kappa shape index (κ3) is 3.96. The summed E-state index contributed by atoms with van der Waals surface area (Å²) in [5.41, 5.74) is -2.50. The van der Waals surface area contributed by atoms with Gasteiger partial charge >= 0.3 is 0 Å². The average molecular weight is 477 g/mol. The Kier molecular flexibility index (Phi) is 6.22.